The molecule has 0 saturated heterocycles. The van der Waals surface area contributed by atoms with Gasteiger partial charge in [-0.05, 0) is 30.7 Å². The van der Waals surface area contributed by atoms with Crippen molar-refractivity contribution >= 4 is 11.6 Å². The van der Waals surface area contributed by atoms with Crippen molar-refractivity contribution in [3.05, 3.63) is 29.3 Å². The Morgan fingerprint density at radius 2 is 2.36 bits per heavy atom. The van der Waals surface area contributed by atoms with Gasteiger partial charge in [0, 0.05) is 11.3 Å². The zero-order valence-corrected chi connectivity index (χ0v) is 8.00. The molecule has 0 radical (unpaired) electrons. The minimum absolute atomic E-state index is 0.166. The minimum Gasteiger partial charge on any atom is -0.399 e. The molecular formula is C11H12N2O. The standard InChI is InChI=1S/C11H12N2O/c1-3-6-13-11(14)10-5-4-9(12)7-8(10)2/h1,4-5,7H,6,12H2,2H3,(H,13,14). The van der Waals surface area contributed by atoms with Gasteiger partial charge in [-0.1, -0.05) is 5.92 Å². The fraction of sp³-hybridized carbons (Fsp3) is 0.182. The van der Waals surface area contributed by atoms with Gasteiger partial charge in [0.2, 0.25) is 0 Å². The van der Waals surface area contributed by atoms with Gasteiger partial charge < -0.3 is 11.1 Å². The quantitative estimate of drug-likeness (QED) is 0.536. The fourth-order valence-electron chi connectivity index (χ4n) is 1.17. The van der Waals surface area contributed by atoms with Crippen molar-refractivity contribution < 1.29 is 4.79 Å². The molecule has 72 valence electrons. The molecule has 0 atom stereocenters. The summed E-state index contributed by atoms with van der Waals surface area (Å²) in [4.78, 5) is 11.5. The Labute approximate surface area is 83.3 Å². The zero-order chi connectivity index (χ0) is 10.6. The Morgan fingerprint density at radius 3 is 2.93 bits per heavy atom. The van der Waals surface area contributed by atoms with Crippen molar-refractivity contribution in [3.63, 3.8) is 0 Å². The van der Waals surface area contributed by atoms with Crippen LogP contribution in [-0.4, -0.2) is 12.5 Å². The van der Waals surface area contributed by atoms with Gasteiger partial charge >= 0.3 is 0 Å². The molecule has 0 heterocycles. The predicted octanol–water partition coefficient (Wildman–Crippen LogP) is 0.940. The first-order chi connectivity index (χ1) is 6.65. The monoisotopic (exact) mass is 188 g/mol. The van der Waals surface area contributed by atoms with Crippen LogP contribution in [-0.2, 0) is 0 Å². The molecule has 0 aliphatic heterocycles. The van der Waals surface area contributed by atoms with E-state index in [1.165, 1.54) is 0 Å². The molecule has 1 amide bonds. The molecule has 3 N–H and O–H groups in total. The van der Waals surface area contributed by atoms with E-state index in [9.17, 15) is 4.79 Å². The van der Waals surface area contributed by atoms with Crippen LogP contribution < -0.4 is 11.1 Å². The van der Waals surface area contributed by atoms with Gasteiger partial charge in [0.1, 0.15) is 0 Å². The van der Waals surface area contributed by atoms with Crippen LogP contribution in [0.3, 0.4) is 0 Å². The minimum atomic E-state index is -0.166. The first kappa shape index (κ1) is 10.1. The predicted molar refractivity (Wildman–Crippen MR) is 56.8 cm³/mol. The number of hydrogen-bond acceptors (Lipinski definition) is 2. The summed E-state index contributed by atoms with van der Waals surface area (Å²) in [5.74, 6) is 2.18. The lowest BCUT2D eigenvalue weighted by Gasteiger charge is -2.05. The first-order valence-corrected chi connectivity index (χ1v) is 4.23. The topological polar surface area (TPSA) is 55.1 Å². The molecule has 0 aliphatic rings. The Bertz CT molecular complexity index is 391. The van der Waals surface area contributed by atoms with Crippen molar-refractivity contribution in [1.29, 1.82) is 0 Å². The van der Waals surface area contributed by atoms with Crippen LogP contribution in [0.25, 0.3) is 0 Å². The molecule has 1 aromatic rings. The number of rotatable bonds is 2. The largest absolute Gasteiger partial charge is 0.399 e. The summed E-state index contributed by atoms with van der Waals surface area (Å²) in [5.41, 5.74) is 7.67. The third-order valence-corrected chi connectivity index (χ3v) is 1.85. The third kappa shape index (κ3) is 2.27. The van der Waals surface area contributed by atoms with Crippen molar-refractivity contribution in [2.75, 3.05) is 12.3 Å². The van der Waals surface area contributed by atoms with Crippen LogP contribution >= 0.6 is 0 Å². The Kier molecular flexibility index (Phi) is 3.14. The number of nitrogen functional groups attached to an aromatic ring is 1. The second-order valence-corrected chi connectivity index (χ2v) is 2.96. The van der Waals surface area contributed by atoms with Gasteiger partial charge in [-0.15, -0.1) is 6.42 Å². The molecule has 1 rings (SSSR count). The maximum absolute atomic E-state index is 11.5. The Morgan fingerprint density at radius 1 is 1.64 bits per heavy atom. The average Bonchev–Trinajstić information content (AvgIpc) is 2.14. The van der Waals surface area contributed by atoms with Crippen LogP contribution in [0.15, 0.2) is 18.2 Å². The average molecular weight is 188 g/mol. The number of hydrogen-bond donors (Lipinski definition) is 2. The number of anilines is 1. The van der Waals surface area contributed by atoms with E-state index in [0.29, 0.717) is 11.3 Å². The summed E-state index contributed by atoms with van der Waals surface area (Å²) < 4.78 is 0. The fourth-order valence-corrected chi connectivity index (χ4v) is 1.17. The van der Waals surface area contributed by atoms with E-state index in [0.717, 1.165) is 5.56 Å². The summed E-state index contributed by atoms with van der Waals surface area (Å²) in [6.45, 7) is 2.07. The summed E-state index contributed by atoms with van der Waals surface area (Å²) in [6.07, 6.45) is 5.03. The molecule has 0 fully saturated rings. The van der Waals surface area contributed by atoms with Gasteiger partial charge in [0.25, 0.3) is 5.91 Å². The highest BCUT2D eigenvalue weighted by Gasteiger charge is 2.07. The van der Waals surface area contributed by atoms with Gasteiger partial charge in [-0.3, -0.25) is 4.79 Å². The van der Waals surface area contributed by atoms with Crippen molar-refractivity contribution in [1.82, 2.24) is 5.32 Å². The van der Waals surface area contributed by atoms with E-state index < -0.39 is 0 Å². The maximum Gasteiger partial charge on any atom is 0.252 e. The lowest BCUT2D eigenvalue weighted by atomic mass is 10.1. The van der Waals surface area contributed by atoms with E-state index >= 15 is 0 Å². The molecule has 0 spiro atoms. The molecular weight excluding hydrogens is 176 g/mol. The van der Waals surface area contributed by atoms with E-state index in [4.69, 9.17) is 12.2 Å². The van der Waals surface area contributed by atoms with Crippen molar-refractivity contribution in [2.24, 2.45) is 0 Å². The SMILES string of the molecule is C#CCNC(=O)c1ccc(N)cc1C. The number of terminal acetylenes is 1. The normalized spacial score (nSPS) is 9.14. The van der Waals surface area contributed by atoms with E-state index in [-0.39, 0.29) is 12.5 Å². The highest BCUT2D eigenvalue weighted by Crippen LogP contribution is 2.11. The van der Waals surface area contributed by atoms with Crippen LogP contribution in [0.2, 0.25) is 0 Å². The summed E-state index contributed by atoms with van der Waals surface area (Å²) in [6, 6.07) is 5.14. The molecule has 14 heavy (non-hydrogen) atoms. The van der Waals surface area contributed by atoms with Crippen LogP contribution in [0.5, 0.6) is 0 Å². The smallest absolute Gasteiger partial charge is 0.252 e. The van der Waals surface area contributed by atoms with Crippen LogP contribution in [0, 0.1) is 19.3 Å². The van der Waals surface area contributed by atoms with Gasteiger partial charge in [0.15, 0.2) is 0 Å². The molecule has 3 nitrogen and oxygen atoms in total. The van der Waals surface area contributed by atoms with Crippen LogP contribution in [0.4, 0.5) is 5.69 Å². The Balaban J connectivity index is 2.86. The van der Waals surface area contributed by atoms with Crippen LogP contribution in [0.1, 0.15) is 15.9 Å². The number of carbonyl (C=O) groups excluding carboxylic acids is 1. The molecule has 0 aromatic heterocycles. The van der Waals surface area contributed by atoms with E-state index in [2.05, 4.69) is 11.2 Å². The maximum atomic E-state index is 11.5. The van der Waals surface area contributed by atoms with Gasteiger partial charge in [-0.2, -0.15) is 0 Å². The Hall–Kier alpha value is -1.95. The van der Waals surface area contributed by atoms with Crippen molar-refractivity contribution in [3.8, 4) is 12.3 Å². The van der Waals surface area contributed by atoms with E-state index in [1.54, 1.807) is 18.2 Å². The number of aryl methyl sites for hydroxylation is 1. The summed E-state index contributed by atoms with van der Waals surface area (Å²) >= 11 is 0. The second kappa shape index (κ2) is 4.33. The zero-order valence-electron chi connectivity index (χ0n) is 8.00. The highest BCUT2D eigenvalue weighted by atomic mass is 16.1. The summed E-state index contributed by atoms with van der Waals surface area (Å²) in [5, 5.41) is 2.59. The highest BCUT2D eigenvalue weighted by molar-refractivity contribution is 5.96. The molecule has 3 heteroatoms. The number of nitrogens with two attached hydrogens (primary N) is 1. The lowest BCUT2D eigenvalue weighted by molar-refractivity contribution is 0.0958. The third-order valence-electron chi connectivity index (χ3n) is 1.85. The number of benzene rings is 1. The second-order valence-electron chi connectivity index (χ2n) is 2.96. The molecule has 1 aromatic carbocycles. The molecule has 0 unspecified atom stereocenters. The molecule has 0 saturated carbocycles. The number of carbonyl (C=O) groups is 1. The number of amides is 1. The van der Waals surface area contributed by atoms with Crippen molar-refractivity contribution in [2.45, 2.75) is 6.92 Å². The lowest BCUT2D eigenvalue weighted by Crippen LogP contribution is -2.24. The van der Waals surface area contributed by atoms with E-state index in [1.807, 2.05) is 6.92 Å². The van der Waals surface area contributed by atoms with Gasteiger partial charge in [-0.25, -0.2) is 0 Å². The van der Waals surface area contributed by atoms with Gasteiger partial charge in [0.05, 0.1) is 6.54 Å². The summed E-state index contributed by atoms with van der Waals surface area (Å²) in [7, 11) is 0. The number of nitrogens with one attached hydrogen (secondary N) is 1. The molecule has 0 bridgehead atoms. The first-order valence-electron chi connectivity index (χ1n) is 4.23. The molecule has 0 aliphatic carbocycles.